The standard InChI is InChI=1S/C29H25N3O4S2/c1-2-11-32-22-13-20(9-10-24(22)36-14-25(32)34)23(33)16-38-29-30-27(35)26-21(15-37-28(26)31-29)19-8-7-17-5-3-4-6-18(17)12-19/h2,7-10,12-13,15H,1,3-6,11,14,16H2,(H,30,31,35). The minimum absolute atomic E-state index is 0.0393. The maximum Gasteiger partial charge on any atom is 0.265 e. The van der Waals surface area contributed by atoms with E-state index in [1.54, 1.807) is 29.2 Å². The number of carbonyl (C=O) groups is 2. The van der Waals surface area contributed by atoms with E-state index in [1.807, 2.05) is 5.38 Å². The summed E-state index contributed by atoms with van der Waals surface area (Å²) >= 11 is 2.62. The molecule has 1 N–H and O–H groups in total. The first-order valence-electron chi connectivity index (χ1n) is 12.5. The number of thiophene rings is 1. The van der Waals surface area contributed by atoms with Crippen LogP contribution >= 0.6 is 23.1 Å². The Hall–Kier alpha value is -3.69. The maximum absolute atomic E-state index is 13.1. The van der Waals surface area contributed by atoms with Crippen LogP contribution in [0.3, 0.4) is 0 Å². The zero-order valence-corrected chi connectivity index (χ0v) is 22.3. The fourth-order valence-corrected chi connectivity index (χ4v) is 6.79. The monoisotopic (exact) mass is 543 g/mol. The van der Waals surface area contributed by atoms with Crippen molar-refractivity contribution in [1.82, 2.24) is 9.97 Å². The van der Waals surface area contributed by atoms with Gasteiger partial charge in [-0.15, -0.1) is 17.9 Å². The van der Waals surface area contributed by atoms with E-state index in [-0.39, 0.29) is 29.6 Å². The van der Waals surface area contributed by atoms with Gasteiger partial charge in [0.2, 0.25) is 0 Å². The van der Waals surface area contributed by atoms with Gasteiger partial charge in [0, 0.05) is 23.1 Å². The third-order valence-electron chi connectivity index (χ3n) is 6.96. The molecule has 2 aromatic carbocycles. The van der Waals surface area contributed by atoms with Crippen LogP contribution in [0.2, 0.25) is 0 Å². The number of nitrogens with one attached hydrogen (secondary N) is 1. The van der Waals surface area contributed by atoms with Crippen molar-refractivity contribution in [3.8, 4) is 16.9 Å². The number of hydrogen-bond donors (Lipinski definition) is 1. The molecule has 4 aromatic rings. The Bertz CT molecular complexity index is 1660. The minimum Gasteiger partial charge on any atom is -0.482 e. The van der Waals surface area contributed by atoms with Crippen LogP contribution in [0.15, 0.2) is 64.4 Å². The highest BCUT2D eigenvalue weighted by Gasteiger charge is 2.26. The predicted octanol–water partition coefficient (Wildman–Crippen LogP) is 5.42. The lowest BCUT2D eigenvalue weighted by Gasteiger charge is -2.28. The second kappa shape index (κ2) is 10.2. The van der Waals surface area contributed by atoms with E-state index >= 15 is 0 Å². The lowest BCUT2D eigenvalue weighted by molar-refractivity contribution is -0.121. The Kier molecular flexibility index (Phi) is 6.63. The molecule has 2 aliphatic rings. The van der Waals surface area contributed by atoms with Gasteiger partial charge in [0.25, 0.3) is 11.5 Å². The molecule has 0 bridgehead atoms. The molecule has 0 atom stereocenters. The molecule has 0 unspecified atom stereocenters. The number of aromatic amines is 1. The average molecular weight is 544 g/mol. The minimum atomic E-state index is -0.205. The van der Waals surface area contributed by atoms with E-state index < -0.39 is 0 Å². The third kappa shape index (κ3) is 4.56. The van der Waals surface area contributed by atoms with Gasteiger partial charge < -0.3 is 14.6 Å². The van der Waals surface area contributed by atoms with E-state index in [2.05, 4.69) is 34.7 Å². The van der Waals surface area contributed by atoms with Crippen LogP contribution in [0.1, 0.15) is 34.3 Å². The number of fused-ring (bicyclic) bond motifs is 3. The highest BCUT2D eigenvalue weighted by molar-refractivity contribution is 7.99. The summed E-state index contributed by atoms with van der Waals surface area (Å²) in [4.78, 5) is 48.1. The number of hydrogen-bond acceptors (Lipinski definition) is 7. The molecule has 0 saturated heterocycles. The average Bonchev–Trinajstić information content (AvgIpc) is 3.37. The molecule has 3 heterocycles. The predicted molar refractivity (Wildman–Crippen MR) is 152 cm³/mol. The third-order valence-corrected chi connectivity index (χ3v) is 8.70. The number of rotatable bonds is 7. The molecule has 0 fully saturated rings. The van der Waals surface area contributed by atoms with Crippen molar-refractivity contribution in [2.24, 2.45) is 0 Å². The van der Waals surface area contributed by atoms with Crippen LogP contribution in [-0.4, -0.2) is 40.6 Å². The summed E-state index contributed by atoms with van der Waals surface area (Å²) in [6.45, 7) is 4.00. The SMILES string of the molecule is C=CCN1C(=O)COc2ccc(C(=O)CSc3nc4scc(-c5ccc6c(c5)CCCC6)c4c(=O)[nH]3)cc21. The summed E-state index contributed by atoms with van der Waals surface area (Å²) in [5, 5.41) is 2.98. The fourth-order valence-electron chi connectivity index (χ4n) is 5.03. The molecular formula is C29H25N3O4S2. The first kappa shape index (κ1) is 24.6. The second-order valence-corrected chi connectivity index (χ2v) is 11.2. The van der Waals surface area contributed by atoms with Crippen molar-refractivity contribution >= 4 is 50.7 Å². The highest BCUT2D eigenvalue weighted by Crippen LogP contribution is 2.35. The van der Waals surface area contributed by atoms with Gasteiger partial charge in [-0.1, -0.05) is 36.0 Å². The van der Waals surface area contributed by atoms with E-state index in [1.165, 1.54) is 47.1 Å². The normalized spacial score (nSPS) is 14.6. The zero-order valence-electron chi connectivity index (χ0n) is 20.6. The van der Waals surface area contributed by atoms with Gasteiger partial charge in [0.1, 0.15) is 10.6 Å². The Morgan fingerprint density at radius 3 is 2.84 bits per heavy atom. The lowest BCUT2D eigenvalue weighted by Crippen LogP contribution is -2.38. The van der Waals surface area contributed by atoms with Crippen LogP contribution in [0.5, 0.6) is 5.75 Å². The van der Waals surface area contributed by atoms with E-state index in [9.17, 15) is 14.4 Å². The van der Waals surface area contributed by atoms with Gasteiger partial charge >= 0.3 is 0 Å². The van der Waals surface area contributed by atoms with Crippen LogP contribution in [0.4, 0.5) is 5.69 Å². The zero-order chi connectivity index (χ0) is 26.2. The van der Waals surface area contributed by atoms with Crippen LogP contribution < -0.4 is 15.2 Å². The van der Waals surface area contributed by atoms with Crippen molar-refractivity contribution in [2.75, 3.05) is 23.8 Å². The number of nitrogens with zero attached hydrogens (tertiary/aromatic N) is 2. The lowest BCUT2D eigenvalue weighted by atomic mass is 9.89. The number of carbonyl (C=O) groups excluding carboxylic acids is 2. The van der Waals surface area contributed by atoms with Crippen molar-refractivity contribution in [2.45, 2.75) is 30.8 Å². The van der Waals surface area contributed by atoms with Crippen LogP contribution in [0.25, 0.3) is 21.3 Å². The van der Waals surface area contributed by atoms with Crippen LogP contribution in [0, 0.1) is 0 Å². The number of aromatic nitrogens is 2. The molecule has 6 rings (SSSR count). The van der Waals surface area contributed by atoms with E-state index in [0.29, 0.717) is 38.9 Å². The molecule has 1 aliphatic carbocycles. The molecule has 38 heavy (non-hydrogen) atoms. The highest BCUT2D eigenvalue weighted by atomic mass is 32.2. The molecule has 1 amide bonds. The Balaban J connectivity index is 1.22. The topological polar surface area (TPSA) is 92.4 Å². The number of benzene rings is 2. The van der Waals surface area contributed by atoms with Crippen molar-refractivity contribution in [3.05, 3.63) is 81.5 Å². The van der Waals surface area contributed by atoms with Crippen molar-refractivity contribution in [3.63, 3.8) is 0 Å². The Morgan fingerprint density at radius 1 is 1.16 bits per heavy atom. The molecule has 7 nitrogen and oxygen atoms in total. The summed E-state index contributed by atoms with van der Waals surface area (Å²) in [7, 11) is 0. The van der Waals surface area contributed by atoms with Crippen molar-refractivity contribution < 1.29 is 14.3 Å². The van der Waals surface area contributed by atoms with Gasteiger partial charge in [-0.05, 0) is 60.6 Å². The quantitative estimate of drug-likeness (QED) is 0.145. The van der Waals surface area contributed by atoms with E-state index in [4.69, 9.17) is 4.74 Å². The summed E-state index contributed by atoms with van der Waals surface area (Å²) in [6.07, 6.45) is 6.26. The number of Topliss-reactive ketones (excluding diaryl/α,β-unsaturated/α-hetero) is 1. The van der Waals surface area contributed by atoms with Gasteiger partial charge in [-0.25, -0.2) is 4.98 Å². The number of H-pyrrole nitrogens is 1. The maximum atomic E-state index is 13.1. The summed E-state index contributed by atoms with van der Waals surface area (Å²) in [5.41, 5.74) is 5.52. The smallest absolute Gasteiger partial charge is 0.265 e. The molecule has 0 radical (unpaired) electrons. The first-order valence-corrected chi connectivity index (χ1v) is 14.4. The Morgan fingerprint density at radius 2 is 2.00 bits per heavy atom. The largest absolute Gasteiger partial charge is 0.482 e. The molecule has 192 valence electrons. The molecule has 1 aliphatic heterocycles. The number of ether oxygens (including phenoxy) is 1. The molecule has 0 saturated carbocycles. The number of thioether (sulfide) groups is 1. The van der Waals surface area contributed by atoms with E-state index in [0.717, 1.165) is 24.0 Å². The second-order valence-electron chi connectivity index (χ2n) is 9.37. The summed E-state index contributed by atoms with van der Waals surface area (Å²) < 4.78 is 5.50. The van der Waals surface area contributed by atoms with Gasteiger partial charge in [0.15, 0.2) is 17.5 Å². The fraction of sp³-hybridized carbons (Fsp3) is 0.241. The number of anilines is 1. The van der Waals surface area contributed by atoms with Crippen molar-refractivity contribution in [1.29, 1.82) is 0 Å². The summed E-state index contributed by atoms with van der Waals surface area (Å²) in [5.74, 6) is 0.321. The molecular weight excluding hydrogens is 518 g/mol. The van der Waals surface area contributed by atoms with Crippen LogP contribution in [-0.2, 0) is 17.6 Å². The molecule has 2 aromatic heterocycles. The summed E-state index contributed by atoms with van der Waals surface area (Å²) in [6, 6.07) is 11.6. The molecule has 9 heteroatoms. The number of aryl methyl sites for hydroxylation is 2. The van der Waals surface area contributed by atoms with Gasteiger partial charge in [0.05, 0.1) is 16.8 Å². The first-order chi connectivity index (χ1) is 18.5. The number of amides is 1. The molecule has 0 spiro atoms. The Labute approximate surface area is 227 Å². The van der Waals surface area contributed by atoms with Gasteiger partial charge in [-0.3, -0.25) is 14.4 Å². The van der Waals surface area contributed by atoms with Gasteiger partial charge in [-0.2, -0.15) is 0 Å². The number of ketones is 1.